The third-order valence-electron chi connectivity index (χ3n) is 3.47. The molecule has 1 amide bonds. The highest BCUT2D eigenvalue weighted by Gasteiger charge is 2.16. The molecule has 24 heavy (non-hydrogen) atoms. The summed E-state index contributed by atoms with van der Waals surface area (Å²) in [7, 11) is 1.55. The fourth-order valence-corrected chi connectivity index (χ4v) is 2.45. The second kappa shape index (κ2) is 6.64. The number of benzene rings is 2. The number of anilines is 2. The third kappa shape index (κ3) is 3.04. The Morgan fingerprint density at radius 1 is 1.21 bits per heavy atom. The first-order valence-corrected chi connectivity index (χ1v) is 7.38. The number of nitrogens with one attached hydrogen (secondary N) is 1. The van der Waals surface area contributed by atoms with Gasteiger partial charge < -0.3 is 10.1 Å². The van der Waals surface area contributed by atoms with Gasteiger partial charge >= 0.3 is 5.91 Å². The fraction of sp³-hybridized carbons (Fsp3) is 0.0588. The van der Waals surface area contributed by atoms with Crippen molar-refractivity contribution in [3.8, 4) is 5.75 Å². The Morgan fingerprint density at radius 2 is 2.00 bits per heavy atom. The molecule has 0 spiro atoms. The van der Waals surface area contributed by atoms with E-state index in [-0.39, 0.29) is 11.4 Å². The smallest absolute Gasteiger partial charge is 0.320 e. The van der Waals surface area contributed by atoms with Crippen LogP contribution in [-0.4, -0.2) is 18.0 Å². The minimum absolute atomic E-state index is 0.0718. The average molecular weight is 342 g/mol. The van der Waals surface area contributed by atoms with Crippen LogP contribution in [0.15, 0.2) is 53.7 Å². The molecule has 120 valence electrons. The largest absolute Gasteiger partial charge is 0.497 e. The first-order valence-electron chi connectivity index (χ1n) is 7.00. The van der Waals surface area contributed by atoms with Gasteiger partial charge in [0.2, 0.25) is 0 Å². The van der Waals surface area contributed by atoms with Crippen LogP contribution in [0.2, 0.25) is 5.02 Å². The van der Waals surface area contributed by atoms with Gasteiger partial charge in [-0.2, -0.15) is 0 Å². The van der Waals surface area contributed by atoms with E-state index in [1.807, 2.05) is 0 Å². The van der Waals surface area contributed by atoms with Crippen LogP contribution in [0.1, 0.15) is 10.4 Å². The Hall–Kier alpha value is -2.99. The van der Waals surface area contributed by atoms with E-state index in [0.717, 1.165) is 0 Å². The van der Waals surface area contributed by atoms with Crippen LogP contribution in [0.3, 0.4) is 0 Å². The SMILES string of the molecule is COc1ccc2cc(C(=O)N=O)c(Nc3ccccc3Cl)nc2c1. The first kappa shape index (κ1) is 15.9. The number of methoxy groups -OCH3 is 1. The molecule has 0 aliphatic heterocycles. The number of ether oxygens (including phenoxy) is 1. The van der Waals surface area contributed by atoms with Gasteiger partial charge in [-0.05, 0) is 30.3 Å². The molecular weight excluding hydrogens is 330 g/mol. The summed E-state index contributed by atoms with van der Waals surface area (Å²) in [6.45, 7) is 0. The monoisotopic (exact) mass is 341 g/mol. The lowest BCUT2D eigenvalue weighted by Crippen LogP contribution is -2.04. The molecule has 1 aromatic heterocycles. The molecule has 1 heterocycles. The Labute approximate surface area is 142 Å². The average Bonchev–Trinajstić information content (AvgIpc) is 2.61. The van der Waals surface area contributed by atoms with E-state index in [0.29, 0.717) is 27.4 Å². The summed E-state index contributed by atoms with van der Waals surface area (Å²) < 4.78 is 5.18. The maximum absolute atomic E-state index is 11.9. The van der Waals surface area contributed by atoms with Gasteiger partial charge in [0.05, 0.1) is 28.9 Å². The maximum atomic E-state index is 11.9. The number of nitrogens with zero attached hydrogens (tertiary/aromatic N) is 2. The van der Waals surface area contributed by atoms with Gasteiger partial charge in [0.25, 0.3) is 0 Å². The summed E-state index contributed by atoms with van der Waals surface area (Å²) in [5.74, 6) is -0.0745. The Balaban J connectivity index is 2.16. The topological polar surface area (TPSA) is 80.6 Å². The van der Waals surface area contributed by atoms with E-state index in [2.05, 4.69) is 15.5 Å². The Kier molecular flexibility index (Phi) is 4.39. The number of pyridine rings is 1. The fourth-order valence-electron chi connectivity index (χ4n) is 2.27. The number of rotatable bonds is 4. The zero-order chi connectivity index (χ0) is 17.1. The number of carbonyl (C=O) groups is 1. The van der Waals surface area contributed by atoms with Gasteiger partial charge in [0, 0.05) is 16.6 Å². The normalized spacial score (nSPS) is 10.4. The number of amides is 1. The van der Waals surface area contributed by atoms with Gasteiger partial charge in [0.1, 0.15) is 11.6 Å². The molecule has 0 atom stereocenters. The van der Waals surface area contributed by atoms with Crippen molar-refractivity contribution in [1.82, 2.24) is 4.98 Å². The third-order valence-corrected chi connectivity index (χ3v) is 3.79. The second-order valence-electron chi connectivity index (χ2n) is 4.94. The summed E-state index contributed by atoms with van der Waals surface area (Å²) in [6, 6.07) is 13.8. The van der Waals surface area contributed by atoms with Crippen molar-refractivity contribution in [1.29, 1.82) is 0 Å². The minimum Gasteiger partial charge on any atom is -0.497 e. The van der Waals surface area contributed by atoms with Crippen molar-refractivity contribution in [3.63, 3.8) is 0 Å². The van der Waals surface area contributed by atoms with Gasteiger partial charge in [-0.3, -0.25) is 4.79 Å². The molecule has 0 unspecified atom stereocenters. The van der Waals surface area contributed by atoms with Crippen LogP contribution >= 0.6 is 11.6 Å². The van der Waals surface area contributed by atoms with E-state index < -0.39 is 5.91 Å². The Bertz CT molecular complexity index is 944. The number of nitroso groups, excluding NO2 is 1. The first-order chi connectivity index (χ1) is 11.6. The number of hydrogen-bond acceptors (Lipinski definition) is 5. The molecule has 0 aliphatic rings. The van der Waals surface area contributed by atoms with Crippen molar-refractivity contribution in [2.24, 2.45) is 5.18 Å². The van der Waals surface area contributed by atoms with Crippen molar-refractivity contribution in [2.75, 3.05) is 12.4 Å². The molecule has 7 heteroatoms. The van der Waals surface area contributed by atoms with E-state index >= 15 is 0 Å². The number of fused-ring (bicyclic) bond motifs is 1. The molecule has 3 rings (SSSR count). The van der Waals surface area contributed by atoms with Crippen molar-refractivity contribution < 1.29 is 9.53 Å². The molecule has 6 nitrogen and oxygen atoms in total. The van der Waals surface area contributed by atoms with Crippen LogP contribution in [0.25, 0.3) is 10.9 Å². The number of carbonyl (C=O) groups excluding carboxylic acids is 1. The van der Waals surface area contributed by atoms with E-state index in [1.54, 1.807) is 55.6 Å². The zero-order valence-electron chi connectivity index (χ0n) is 12.6. The van der Waals surface area contributed by atoms with Gasteiger partial charge in [-0.25, -0.2) is 4.98 Å². The predicted octanol–water partition coefficient (Wildman–Crippen LogP) is 4.55. The van der Waals surface area contributed by atoms with Crippen molar-refractivity contribution >= 4 is 39.9 Å². The van der Waals surface area contributed by atoms with Gasteiger partial charge in [-0.15, -0.1) is 4.91 Å². The molecular formula is C17H12ClN3O3. The maximum Gasteiger partial charge on any atom is 0.320 e. The summed E-state index contributed by atoms with van der Waals surface area (Å²) in [4.78, 5) is 27.0. The van der Waals surface area contributed by atoms with Crippen LogP contribution in [0, 0.1) is 4.91 Å². The number of aromatic nitrogens is 1. The quantitative estimate of drug-likeness (QED) is 0.704. The highest BCUT2D eigenvalue weighted by molar-refractivity contribution is 6.33. The molecule has 0 bridgehead atoms. The Morgan fingerprint density at radius 3 is 2.71 bits per heavy atom. The predicted molar refractivity (Wildman–Crippen MR) is 93.2 cm³/mol. The zero-order valence-corrected chi connectivity index (χ0v) is 13.4. The molecule has 0 saturated carbocycles. The number of hydrogen-bond donors (Lipinski definition) is 1. The number of halogens is 1. The lowest BCUT2D eigenvalue weighted by atomic mass is 10.1. The van der Waals surface area contributed by atoms with Gasteiger partial charge in [0.15, 0.2) is 0 Å². The van der Waals surface area contributed by atoms with Crippen LogP contribution in [-0.2, 0) is 0 Å². The van der Waals surface area contributed by atoms with Crippen molar-refractivity contribution in [2.45, 2.75) is 0 Å². The second-order valence-corrected chi connectivity index (χ2v) is 5.35. The van der Waals surface area contributed by atoms with E-state index in [9.17, 15) is 9.70 Å². The summed E-state index contributed by atoms with van der Waals surface area (Å²) in [5, 5.41) is 6.63. The lowest BCUT2D eigenvalue weighted by Gasteiger charge is -2.12. The summed E-state index contributed by atoms with van der Waals surface area (Å²) in [6.07, 6.45) is 0. The highest BCUT2D eigenvalue weighted by Crippen LogP contribution is 2.29. The molecule has 0 aliphatic carbocycles. The highest BCUT2D eigenvalue weighted by atomic mass is 35.5. The van der Waals surface area contributed by atoms with Crippen LogP contribution in [0.5, 0.6) is 5.75 Å². The van der Waals surface area contributed by atoms with E-state index in [4.69, 9.17) is 16.3 Å². The van der Waals surface area contributed by atoms with E-state index in [1.165, 1.54) is 0 Å². The molecule has 0 radical (unpaired) electrons. The summed E-state index contributed by atoms with van der Waals surface area (Å²) in [5.41, 5.74) is 1.24. The molecule has 3 aromatic rings. The molecule has 0 saturated heterocycles. The van der Waals surface area contributed by atoms with Crippen molar-refractivity contribution in [3.05, 3.63) is 64.0 Å². The van der Waals surface area contributed by atoms with Crippen LogP contribution < -0.4 is 10.1 Å². The standard InChI is InChI=1S/C17H12ClN3O3/c1-24-11-7-6-10-8-12(17(22)21-23)16(20-15(10)9-11)19-14-5-3-2-4-13(14)18/h2-9H,1H3,(H,19,20). The summed E-state index contributed by atoms with van der Waals surface area (Å²) >= 11 is 6.13. The molecule has 0 fully saturated rings. The minimum atomic E-state index is -0.908. The molecule has 2 aromatic carbocycles. The van der Waals surface area contributed by atoms with Crippen LogP contribution in [0.4, 0.5) is 11.5 Å². The van der Waals surface area contributed by atoms with Gasteiger partial charge in [-0.1, -0.05) is 23.7 Å². The molecule has 1 N–H and O–H groups in total. The lowest BCUT2D eigenvalue weighted by molar-refractivity contribution is 0.100. The number of para-hydroxylation sites is 1.